The van der Waals surface area contributed by atoms with Gasteiger partial charge in [0.15, 0.2) is 5.82 Å². The van der Waals surface area contributed by atoms with Crippen LogP contribution in [0, 0.1) is 10.1 Å². The summed E-state index contributed by atoms with van der Waals surface area (Å²) in [7, 11) is 1.64. The van der Waals surface area contributed by atoms with Gasteiger partial charge in [0.2, 0.25) is 0 Å². The molecule has 0 atom stereocenters. The van der Waals surface area contributed by atoms with Crippen molar-refractivity contribution in [2.45, 2.75) is 32.2 Å². The number of thioether (sulfide) groups is 1. The molecule has 0 amide bonds. The second-order valence-electron chi connectivity index (χ2n) is 4.96. The maximum atomic E-state index is 10.4. The van der Waals surface area contributed by atoms with Gasteiger partial charge in [0.05, 0.1) is 17.2 Å². The molecule has 0 saturated heterocycles. The summed E-state index contributed by atoms with van der Waals surface area (Å²) in [4.78, 5) is 9.88. The maximum Gasteiger partial charge on any atom is 0.274 e. The standard InChI is InChI=1S/C14H24N4O3S/c1-11(2)17-8-12-4-5-13(21-12)10-22-7-6-16-14(15-3)9-18(19)20/h4-5,9,11,15-17H,6-8,10H2,1-3H3. The monoisotopic (exact) mass is 328 g/mol. The van der Waals surface area contributed by atoms with Gasteiger partial charge in [0.1, 0.15) is 11.5 Å². The zero-order chi connectivity index (χ0) is 16.4. The highest BCUT2D eigenvalue weighted by atomic mass is 32.2. The molecule has 7 nitrogen and oxygen atoms in total. The Morgan fingerprint density at radius 2 is 2.18 bits per heavy atom. The molecular formula is C14H24N4O3S. The van der Waals surface area contributed by atoms with E-state index in [0.29, 0.717) is 18.4 Å². The Balaban J connectivity index is 2.20. The lowest BCUT2D eigenvalue weighted by molar-refractivity contribution is -0.404. The molecule has 0 aliphatic heterocycles. The number of furan rings is 1. The molecule has 1 aromatic rings. The summed E-state index contributed by atoms with van der Waals surface area (Å²) in [6, 6.07) is 4.41. The summed E-state index contributed by atoms with van der Waals surface area (Å²) in [6.45, 7) is 5.58. The SMILES string of the molecule is CNC(=C[N+](=O)[O-])NCCSCc1ccc(CNC(C)C)o1. The smallest absolute Gasteiger partial charge is 0.274 e. The van der Waals surface area contributed by atoms with Crippen LogP contribution in [0.25, 0.3) is 0 Å². The first-order valence-electron chi connectivity index (χ1n) is 7.17. The van der Waals surface area contributed by atoms with Crippen molar-refractivity contribution in [1.82, 2.24) is 16.0 Å². The largest absolute Gasteiger partial charge is 0.464 e. The van der Waals surface area contributed by atoms with E-state index in [4.69, 9.17) is 4.42 Å². The Morgan fingerprint density at radius 3 is 2.82 bits per heavy atom. The summed E-state index contributed by atoms with van der Waals surface area (Å²) < 4.78 is 5.72. The number of hydrogen-bond acceptors (Lipinski definition) is 7. The number of hydrogen-bond donors (Lipinski definition) is 3. The molecule has 3 N–H and O–H groups in total. The molecule has 22 heavy (non-hydrogen) atoms. The minimum Gasteiger partial charge on any atom is -0.464 e. The van der Waals surface area contributed by atoms with Crippen LogP contribution >= 0.6 is 11.8 Å². The lowest BCUT2D eigenvalue weighted by Crippen LogP contribution is -2.26. The van der Waals surface area contributed by atoms with Crippen LogP contribution < -0.4 is 16.0 Å². The predicted octanol–water partition coefficient (Wildman–Crippen LogP) is 1.90. The molecule has 0 aliphatic carbocycles. The van der Waals surface area contributed by atoms with E-state index in [1.165, 1.54) is 0 Å². The van der Waals surface area contributed by atoms with Gasteiger partial charge in [-0.2, -0.15) is 11.8 Å². The van der Waals surface area contributed by atoms with Crippen molar-refractivity contribution in [3.05, 3.63) is 45.8 Å². The molecule has 0 aliphatic rings. The fourth-order valence-electron chi connectivity index (χ4n) is 1.63. The van der Waals surface area contributed by atoms with Crippen LogP contribution in [0.2, 0.25) is 0 Å². The minimum atomic E-state index is -0.485. The van der Waals surface area contributed by atoms with Crippen LogP contribution in [-0.4, -0.2) is 30.3 Å². The Bertz CT molecular complexity index is 488. The van der Waals surface area contributed by atoms with Crippen LogP contribution in [0.3, 0.4) is 0 Å². The average Bonchev–Trinajstić information content (AvgIpc) is 2.91. The predicted molar refractivity (Wildman–Crippen MR) is 89.0 cm³/mol. The van der Waals surface area contributed by atoms with Crippen LogP contribution in [0.1, 0.15) is 25.4 Å². The van der Waals surface area contributed by atoms with Gasteiger partial charge < -0.3 is 20.4 Å². The van der Waals surface area contributed by atoms with Crippen molar-refractivity contribution in [2.24, 2.45) is 0 Å². The molecular weight excluding hydrogens is 304 g/mol. The third kappa shape index (κ3) is 7.94. The topological polar surface area (TPSA) is 92.4 Å². The van der Waals surface area contributed by atoms with E-state index in [0.717, 1.165) is 35.8 Å². The zero-order valence-corrected chi connectivity index (χ0v) is 14.0. The van der Waals surface area contributed by atoms with E-state index in [2.05, 4.69) is 29.8 Å². The molecule has 0 spiro atoms. The third-order valence-electron chi connectivity index (χ3n) is 2.71. The molecule has 0 saturated carbocycles. The summed E-state index contributed by atoms with van der Waals surface area (Å²) in [6.07, 6.45) is 0.922. The molecule has 0 radical (unpaired) electrons. The summed E-state index contributed by atoms with van der Waals surface area (Å²) >= 11 is 1.71. The normalized spacial score (nSPS) is 11.7. The van der Waals surface area contributed by atoms with Gasteiger partial charge in [0, 0.05) is 25.4 Å². The highest BCUT2D eigenvalue weighted by Gasteiger charge is 2.04. The third-order valence-corrected chi connectivity index (χ3v) is 3.69. The van der Waals surface area contributed by atoms with Crippen molar-refractivity contribution < 1.29 is 9.34 Å². The Hall–Kier alpha value is -1.67. The zero-order valence-electron chi connectivity index (χ0n) is 13.2. The Morgan fingerprint density at radius 1 is 1.45 bits per heavy atom. The summed E-state index contributed by atoms with van der Waals surface area (Å²) in [5, 5.41) is 19.4. The highest BCUT2D eigenvalue weighted by molar-refractivity contribution is 7.98. The van der Waals surface area contributed by atoms with Crippen molar-refractivity contribution in [3.63, 3.8) is 0 Å². The van der Waals surface area contributed by atoms with Crippen LogP contribution in [0.15, 0.2) is 28.6 Å². The van der Waals surface area contributed by atoms with Crippen LogP contribution in [-0.2, 0) is 12.3 Å². The van der Waals surface area contributed by atoms with Gasteiger partial charge in [0.25, 0.3) is 6.20 Å². The fraction of sp³-hybridized carbons (Fsp3) is 0.571. The van der Waals surface area contributed by atoms with E-state index in [1.807, 2.05) is 12.1 Å². The van der Waals surface area contributed by atoms with E-state index in [-0.39, 0.29) is 0 Å². The molecule has 1 rings (SSSR count). The molecule has 0 aromatic carbocycles. The van der Waals surface area contributed by atoms with Crippen molar-refractivity contribution in [3.8, 4) is 0 Å². The lowest BCUT2D eigenvalue weighted by atomic mass is 10.3. The molecule has 0 unspecified atom stereocenters. The first-order valence-corrected chi connectivity index (χ1v) is 8.32. The molecule has 0 bridgehead atoms. The number of nitrogens with one attached hydrogen (secondary N) is 3. The van der Waals surface area contributed by atoms with E-state index >= 15 is 0 Å². The van der Waals surface area contributed by atoms with E-state index in [9.17, 15) is 10.1 Å². The first-order chi connectivity index (χ1) is 10.5. The minimum absolute atomic E-state index is 0.408. The van der Waals surface area contributed by atoms with Crippen molar-refractivity contribution in [2.75, 3.05) is 19.3 Å². The number of rotatable bonds is 11. The molecule has 0 fully saturated rings. The number of nitro groups is 1. The van der Waals surface area contributed by atoms with E-state index in [1.54, 1.807) is 18.8 Å². The van der Waals surface area contributed by atoms with E-state index < -0.39 is 4.92 Å². The summed E-state index contributed by atoms with van der Waals surface area (Å²) in [5.41, 5.74) is 0. The maximum absolute atomic E-state index is 10.4. The van der Waals surface area contributed by atoms with Crippen LogP contribution in [0.4, 0.5) is 0 Å². The van der Waals surface area contributed by atoms with Gasteiger partial charge in [-0.1, -0.05) is 13.8 Å². The summed E-state index contributed by atoms with van der Waals surface area (Å²) in [5.74, 6) is 3.91. The Kier molecular flexibility index (Phi) is 8.46. The van der Waals surface area contributed by atoms with Gasteiger partial charge >= 0.3 is 0 Å². The molecule has 124 valence electrons. The second-order valence-corrected chi connectivity index (χ2v) is 6.07. The second kappa shape index (κ2) is 10.1. The van der Waals surface area contributed by atoms with Crippen LogP contribution in [0.5, 0.6) is 0 Å². The van der Waals surface area contributed by atoms with Gasteiger partial charge in [-0.15, -0.1) is 0 Å². The lowest BCUT2D eigenvalue weighted by Gasteiger charge is -2.07. The quantitative estimate of drug-likeness (QED) is 0.324. The first kappa shape index (κ1) is 18.4. The molecule has 1 heterocycles. The average molecular weight is 328 g/mol. The highest BCUT2D eigenvalue weighted by Crippen LogP contribution is 2.15. The number of nitrogens with zero attached hydrogens (tertiary/aromatic N) is 1. The molecule has 8 heteroatoms. The van der Waals surface area contributed by atoms with Crippen molar-refractivity contribution in [1.29, 1.82) is 0 Å². The van der Waals surface area contributed by atoms with Crippen molar-refractivity contribution >= 4 is 11.8 Å². The van der Waals surface area contributed by atoms with Gasteiger partial charge in [-0.3, -0.25) is 10.1 Å². The van der Waals surface area contributed by atoms with Gasteiger partial charge in [-0.05, 0) is 12.1 Å². The molecule has 1 aromatic heterocycles. The van der Waals surface area contributed by atoms with Gasteiger partial charge in [-0.25, -0.2) is 0 Å². The Labute approximate surface area is 135 Å². The fourth-order valence-corrected chi connectivity index (χ4v) is 2.38.